The van der Waals surface area contributed by atoms with Crippen molar-refractivity contribution in [2.75, 3.05) is 17.7 Å². The first kappa shape index (κ1) is 14.3. The van der Waals surface area contributed by atoms with Crippen molar-refractivity contribution in [3.05, 3.63) is 52.2 Å². The first-order valence-corrected chi connectivity index (χ1v) is 6.61. The summed E-state index contributed by atoms with van der Waals surface area (Å²) in [6.45, 7) is 3.77. The van der Waals surface area contributed by atoms with Crippen molar-refractivity contribution < 1.29 is 4.79 Å². The van der Waals surface area contributed by atoms with E-state index in [9.17, 15) is 4.79 Å². The summed E-state index contributed by atoms with van der Waals surface area (Å²) in [5.41, 5.74) is 3.01. The highest BCUT2D eigenvalue weighted by atomic mass is 35.5. The van der Waals surface area contributed by atoms with E-state index < -0.39 is 0 Å². The Bertz CT molecular complexity index is 656. The molecule has 0 atom stereocenters. The third-order valence-corrected chi connectivity index (χ3v) is 3.15. The lowest BCUT2D eigenvalue weighted by molar-refractivity contribution is 0.102. The normalized spacial score (nSPS) is 10.2. The monoisotopic (exact) mass is 289 g/mol. The second kappa shape index (κ2) is 5.92. The average molecular weight is 290 g/mol. The predicted molar refractivity (Wildman–Crippen MR) is 82.7 cm³/mol. The van der Waals surface area contributed by atoms with Gasteiger partial charge < -0.3 is 10.6 Å². The molecule has 0 fully saturated rings. The Labute approximate surface area is 123 Å². The lowest BCUT2D eigenvalue weighted by Crippen LogP contribution is -2.14. The Morgan fingerprint density at radius 3 is 2.65 bits per heavy atom. The zero-order valence-corrected chi connectivity index (χ0v) is 12.4. The number of carbonyl (C=O) groups excluding carboxylic acids is 1. The van der Waals surface area contributed by atoms with Gasteiger partial charge in [0.2, 0.25) is 0 Å². The minimum absolute atomic E-state index is 0.183. The number of hydrogen-bond acceptors (Lipinski definition) is 3. The number of rotatable bonds is 3. The zero-order valence-electron chi connectivity index (χ0n) is 11.6. The van der Waals surface area contributed by atoms with Crippen LogP contribution < -0.4 is 10.6 Å². The fourth-order valence-corrected chi connectivity index (χ4v) is 2.02. The van der Waals surface area contributed by atoms with Gasteiger partial charge in [-0.1, -0.05) is 17.7 Å². The van der Waals surface area contributed by atoms with Crippen LogP contribution in [0.2, 0.25) is 5.02 Å². The number of hydrogen-bond donors (Lipinski definition) is 2. The lowest BCUT2D eigenvalue weighted by atomic mass is 10.1. The van der Waals surface area contributed by atoms with Crippen LogP contribution in [0.3, 0.4) is 0 Å². The summed E-state index contributed by atoms with van der Waals surface area (Å²) in [4.78, 5) is 16.5. The Hall–Kier alpha value is -2.07. The van der Waals surface area contributed by atoms with Crippen molar-refractivity contribution in [3.8, 4) is 0 Å². The molecule has 0 radical (unpaired) electrons. The van der Waals surface area contributed by atoms with Gasteiger partial charge in [-0.3, -0.25) is 4.79 Å². The first-order valence-electron chi connectivity index (χ1n) is 6.23. The number of pyridine rings is 1. The van der Waals surface area contributed by atoms with E-state index in [4.69, 9.17) is 11.6 Å². The highest BCUT2D eigenvalue weighted by Gasteiger charge is 2.10. The number of amides is 1. The molecule has 0 aliphatic carbocycles. The highest BCUT2D eigenvalue weighted by Crippen LogP contribution is 2.21. The molecule has 5 heteroatoms. The molecule has 1 heterocycles. The standard InChI is InChI=1S/C15H16ClN3O/c1-9-4-5-12(16)8-13(9)19-15(20)11-6-10(2)18-14(7-11)17-3/h4-8H,1-3H3,(H,17,18)(H,19,20). The van der Waals surface area contributed by atoms with Gasteiger partial charge in [-0.2, -0.15) is 0 Å². The van der Waals surface area contributed by atoms with E-state index in [0.717, 1.165) is 11.3 Å². The van der Waals surface area contributed by atoms with Gasteiger partial charge in [-0.25, -0.2) is 4.98 Å². The van der Waals surface area contributed by atoms with Crippen LogP contribution in [0.4, 0.5) is 11.5 Å². The summed E-state index contributed by atoms with van der Waals surface area (Å²) >= 11 is 5.95. The summed E-state index contributed by atoms with van der Waals surface area (Å²) < 4.78 is 0. The maximum Gasteiger partial charge on any atom is 0.255 e. The molecule has 0 saturated heterocycles. The third-order valence-electron chi connectivity index (χ3n) is 2.92. The molecule has 104 valence electrons. The molecule has 0 aliphatic heterocycles. The van der Waals surface area contributed by atoms with Crippen molar-refractivity contribution in [1.82, 2.24) is 4.98 Å². The summed E-state index contributed by atoms with van der Waals surface area (Å²) in [6, 6.07) is 8.86. The van der Waals surface area contributed by atoms with E-state index in [2.05, 4.69) is 15.6 Å². The van der Waals surface area contributed by atoms with Crippen molar-refractivity contribution in [1.29, 1.82) is 0 Å². The van der Waals surface area contributed by atoms with Crippen LogP contribution in [0.5, 0.6) is 0 Å². The van der Waals surface area contributed by atoms with Crippen molar-refractivity contribution in [2.45, 2.75) is 13.8 Å². The fraction of sp³-hybridized carbons (Fsp3) is 0.200. The third kappa shape index (κ3) is 3.27. The molecule has 0 aliphatic rings. The number of nitrogens with one attached hydrogen (secondary N) is 2. The van der Waals surface area contributed by atoms with Crippen LogP contribution in [-0.4, -0.2) is 17.9 Å². The number of nitrogens with zero attached hydrogens (tertiary/aromatic N) is 1. The van der Waals surface area contributed by atoms with Gasteiger partial charge in [-0.15, -0.1) is 0 Å². The molecular weight excluding hydrogens is 274 g/mol. The second-order valence-electron chi connectivity index (χ2n) is 4.55. The second-order valence-corrected chi connectivity index (χ2v) is 4.98. The van der Waals surface area contributed by atoms with Gasteiger partial charge in [-0.05, 0) is 43.7 Å². The maximum absolute atomic E-state index is 12.3. The predicted octanol–water partition coefficient (Wildman–Crippen LogP) is 3.65. The Morgan fingerprint density at radius 1 is 1.20 bits per heavy atom. The van der Waals surface area contributed by atoms with Crippen molar-refractivity contribution >= 4 is 29.0 Å². The minimum Gasteiger partial charge on any atom is -0.373 e. The number of benzene rings is 1. The summed E-state index contributed by atoms with van der Waals surface area (Å²) in [7, 11) is 1.77. The van der Waals surface area contributed by atoms with Crippen LogP contribution >= 0.6 is 11.6 Å². The van der Waals surface area contributed by atoms with Crippen LogP contribution in [-0.2, 0) is 0 Å². The lowest BCUT2D eigenvalue weighted by Gasteiger charge is -2.10. The molecule has 20 heavy (non-hydrogen) atoms. The number of aryl methyl sites for hydroxylation is 2. The summed E-state index contributed by atoms with van der Waals surface area (Å²) in [6.07, 6.45) is 0. The summed E-state index contributed by atoms with van der Waals surface area (Å²) in [5.74, 6) is 0.482. The van der Waals surface area contributed by atoms with Gasteiger partial charge in [0.05, 0.1) is 0 Å². The zero-order chi connectivity index (χ0) is 14.7. The molecule has 1 aromatic carbocycles. The van der Waals surface area contributed by atoms with Crippen LogP contribution in [0.1, 0.15) is 21.6 Å². The van der Waals surface area contributed by atoms with Gasteiger partial charge in [0.25, 0.3) is 5.91 Å². The molecule has 1 amide bonds. The molecule has 1 aromatic heterocycles. The van der Waals surface area contributed by atoms with Crippen molar-refractivity contribution in [2.24, 2.45) is 0 Å². The molecule has 0 spiro atoms. The smallest absolute Gasteiger partial charge is 0.255 e. The van der Waals surface area contributed by atoms with Gasteiger partial charge >= 0.3 is 0 Å². The van der Waals surface area contributed by atoms with Crippen LogP contribution in [0.15, 0.2) is 30.3 Å². The van der Waals surface area contributed by atoms with E-state index in [-0.39, 0.29) is 5.91 Å². The Balaban J connectivity index is 2.28. The molecule has 4 nitrogen and oxygen atoms in total. The molecule has 2 rings (SSSR count). The van der Waals surface area contributed by atoms with E-state index in [1.165, 1.54) is 0 Å². The van der Waals surface area contributed by atoms with E-state index >= 15 is 0 Å². The Kier molecular flexibility index (Phi) is 4.25. The first-order chi connectivity index (χ1) is 9.49. The topological polar surface area (TPSA) is 54.0 Å². The van der Waals surface area contributed by atoms with Gasteiger partial charge in [0.15, 0.2) is 0 Å². The number of halogens is 1. The summed E-state index contributed by atoms with van der Waals surface area (Å²) in [5, 5.41) is 6.39. The molecule has 2 N–H and O–H groups in total. The number of aromatic nitrogens is 1. The maximum atomic E-state index is 12.3. The minimum atomic E-state index is -0.183. The molecule has 0 saturated carbocycles. The number of carbonyl (C=O) groups is 1. The van der Waals surface area contributed by atoms with Crippen LogP contribution in [0, 0.1) is 13.8 Å². The fourth-order valence-electron chi connectivity index (χ4n) is 1.85. The van der Waals surface area contributed by atoms with Gasteiger partial charge in [0.1, 0.15) is 5.82 Å². The van der Waals surface area contributed by atoms with E-state index in [1.54, 1.807) is 31.3 Å². The van der Waals surface area contributed by atoms with Crippen LogP contribution in [0.25, 0.3) is 0 Å². The van der Waals surface area contributed by atoms with E-state index in [1.807, 2.05) is 19.9 Å². The van der Waals surface area contributed by atoms with Gasteiger partial charge in [0, 0.05) is 29.0 Å². The molecule has 0 bridgehead atoms. The highest BCUT2D eigenvalue weighted by molar-refractivity contribution is 6.31. The molecule has 0 unspecified atom stereocenters. The molecular formula is C15H16ClN3O. The SMILES string of the molecule is CNc1cc(C(=O)Nc2cc(Cl)ccc2C)cc(C)n1. The largest absolute Gasteiger partial charge is 0.373 e. The molecule has 2 aromatic rings. The van der Waals surface area contributed by atoms with E-state index in [0.29, 0.717) is 22.1 Å². The quantitative estimate of drug-likeness (QED) is 0.907. The Morgan fingerprint density at radius 2 is 1.95 bits per heavy atom. The number of anilines is 2. The van der Waals surface area contributed by atoms with Crippen molar-refractivity contribution in [3.63, 3.8) is 0 Å². The average Bonchev–Trinajstić information content (AvgIpc) is 2.42.